The molecule has 5 heteroatoms. The summed E-state index contributed by atoms with van der Waals surface area (Å²) in [7, 11) is 1.50. The Bertz CT molecular complexity index is 287. The maximum absolute atomic E-state index is 11.0. The van der Waals surface area contributed by atoms with Crippen LogP contribution in [-0.2, 0) is 16.1 Å². The van der Waals surface area contributed by atoms with E-state index in [2.05, 4.69) is 26.0 Å². The molecule has 1 aromatic heterocycles. The molecular weight excluding hydrogens is 254 g/mol. The first kappa shape index (κ1) is 10.7. The molecule has 1 N–H and O–H groups in total. The molecule has 0 bridgehead atoms. The van der Waals surface area contributed by atoms with Crippen LogP contribution in [0.5, 0.6) is 0 Å². The number of rotatable bonds is 4. The second kappa shape index (κ2) is 5.36. The molecule has 0 aliphatic carbocycles. The van der Waals surface area contributed by atoms with Crippen LogP contribution < -0.4 is 5.32 Å². The van der Waals surface area contributed by atoms with Gasteiger partial charge in [-0.25, -0.2) is 0 Å². The van der Waals surface area contributed by atoms with Crippen LogP contribution in [-0.4, -0.2) is 19.6 Å². The number of halogens is 1. The van der Waals surface area contributed by atoms with Crippen molar-refractivity contribution in [1.82, 2.24) is 5.32 Å². The second-order valence-corrected chi connectivity index (χ2v) is 4.35. The predicted octanol–water partition coefficient (Wildman–Crippen LogP) is 1.77. The third-order valence-corrected chi connectivity index (χ3v) is 3.05. The van der Waals surface area contributed by atoms with Crippen molar-refractivity contribution in [2.24, 2.45) is 0 Å². The summed E-state index contributed by atoms with van der Waals surface area (Å²) in [6, 6.07) is 1.98. The van der Waals surface area contributed by atoms with E-state index in [1.165, 1.54) is 7.11 Å². The monoisotopic (exact) mass is 263 g/mol. The molecule has 0 saturated heterocycles. The van der Waals surface area contributed by atoms with Crippen LogP contribution in [0, 0.1) is 0 Å². The Balaban J connectivity index is 2.30. The zero-order chi connectivity index (χ0) is 9.68. The topological polar surface area (TPSA) is 38.3 Å². The highest BCUT2D eigenvalue weighted by atomic mass is 79.9. The fourth-order valence-electron chi connectivity index (χ4n) is 0.814. The van der Waals surface area contributed by atoms with Crippen LogP contribution >= 0.6 is 27.3 Å². The molecule has 0 fully saturated rings. The summed E-state index contributed by atoms with van der Waals surface area (Å²) in [6.07, 6.45) is 0. The number of hydrogen-bond donors (Lipinski definition) is 1. The first-order valence-corrected chi connectivity index (χ1v) is 5.38. The Hall–Kier alpha value is -0.390. The highest BCUT2D eigenvalue weighted by molar-refractivity contribution is 9.10. The van der Waals surface area contributed by atoms with Crippen LogP contribution in [0.4, 0.5) is 0 Å². The normalized spacial score (nSPS) is 10.0. The smallest absolute Gasteiger partial charge is 0.246 e. The number of carbonyl (C=O) groups is 1. The lowest BCUT2D eigenvalue weighted by Gasteiger charge is -2.01. The Labute approximate surface area is 89.2 Å². The summed E-state index contributed by atoms with van der Waals surface area (Å²) in [5, 5.41) is 4.72. The maximum Gasteiger partial charge on any atom is 0.246 e. The predicted molar refractivity (Wildman–Crippen MR) is 55.7 cm³/mol. The van der Waals surface area contributed by atoms with Crippen molar-refractivity contribution in [3.05, 3.63) is 20.8 Å². The number of nitrogens with one attached hydrogen (secondary N) is 1. The first-order valence-electron chi connectivity index (χ1n) is 3.71. The number of hydrogen-bond acceptors (Lipinski definition) is 3. The van der Waals surface area contributed by atoms with Crippen LogP contribution in [0.15, 0.2) is 15.9 Å². The SMILES string of the molecule is COCC(=O)NCc1cc(Br)cs1. The van der Waals surface area contributed by atoms with Gasteiger partial charge in [0.05, 0.1) is 6.54 Å². The largest absolute Gasteiger partial charge is 0.375 e. The second-order valence-electron chi connectivity index (χ2n) is 2.44. The molecule has 0 aromatic carbocycles. The Morgan fingerprint density at radius 3 is 3.08 bits per heavy atom. The summed E-state index contributed by atoms with van der Waals surface area (Å²) in [4.78, 5) is 12.1. The minimum absolute atomic E-state index is 0.0907. The number of carbonyl (C=O) groups excluding carboxylic acids is 1. The molecule has 0 aliphatic heterocycles. The van der Waals surface area contributed by atoms with E-state index in [4.69, 9.17) is 0 Å². The van der Waals surface area contributed by atoms with E-state index in [9.17, 15) is 4.79 Å². The van der Waals surface area contributed by atoms with Gasteiger partial charge in [0.2, 0.25) is 5.91 Å². The van der Waals surface area contributed by atoms with Crippen molar-refractivity contribution >= 4 is 33.2 Å². The molecule has 0 unspecified atom stereocenters. The number of methoxy groups -OCH3 is 1. The zero-order valence-corrected chi connectivity index (χ0v) is 9.57. The van der Waals surface area contributed by atoms with E-state index >= 15 is 0 Å². The molecule has 0 radical (unpaired) electrons. The van der Waals surface area contributed by atoms with Crippen molar-refractivity contribution < 1.29 is 9.53 Å². The van der Waals surface area contributed by atoms with Crippen molar-refractivity contribution in [3.8, 4) is 0 Å². The minimum atomic E-state index is -0.0907. The summed E-state index contributed by atoms with van der Waals surface area (Å²) >= 11 is 4.95. The molecule has 0 saturated carbocycles. The third-order valence-electron chi connectivity index (χ3n) is 1.36. The van der Waals surface area contributed by atoms with E-state index in [0.29, 0.717) is 6.54 Å². The van der Waals surface area contributed by atoms with Crippen LogP contribution in [0.3, 0.4) is 0 Å². The van der Waals surface area contributed by atoms with Crippen molar-refractivity contribution in [2.45, 2.75) is 6.54 Å². The Morgan fingerprint density at radius 1 is 1.77 bits per heavy atom. The zero-order valence-electron chi connectivity index (χ0n) is 7.17. The maximum atomic E-state index is 11.0. The Kier molecular flexibility index (Phi) is 4.41. The molecule has 0 aliphatic rings. The molecule has 1 amide bonds. The Morgan fingerprint density at radius 2 is 2.54 bits per heavy atom. The highest BCUT2D eigenvalue weighted by Crippen LogP contribution is 2.19. The van der Waals surface area contributed by atoms with Gasteiger partial charge < -0.3 is 10.1 Å². The van der Waals surface area contributed by atoms with Gasteiger partial charge >= 0.3 is 0 Å². The lowest BCUT2D eigenvalue weighted by atomic mass is 10.4. The molecule has 1 aromatic rings. The van der Waals surface area contributed by atoms with Gasteiger partial charge in [0.15, 0.2) is 0 Å². The van der Waals surface area contributed by atoms with Gasteiger partial charge in [-0.05, 0) is 22.0 Å². The van der Waals surface area contributed by atoms with E-state index in [1.807, 2.05) is 11.4 Å². The molecular formula is C8H10BrNO2S. The summed E-state index contributed by atoms with van der Waals surface area (Å²) in [5.74, 6) is -0.0907. The number of ether oxygens (including phenoxy) is 1. The van der Waals surface area contributed by atoms with E-state index < -0.39 is 0 Å². The lowest BCUT2D eigenvalue weighted by molar-refractivity contribution is -0.124. The molecule has 1 heterocycles. The van der Waals surface area contributed by atoms with Gasteiger partial charge in [-0.15, -0.1) is 11.3 Å². The summed E-state index contributed by atoms with van der Waals surface area (Å²) in [6.45, 7) is 0.686. The number of amides is 1. The molecule has 3 nitrogen and oxygen atoms in total. The minimum Gasteiger partial charge on any atom is -0.375 e. The fraction of sp³-hybridized carbons (Fsp3) is 0.375. The average Bonchev–Trinajstić information content (AvgIpc) is 2.49. The number of thiophene rings is 1. The molecule has 72 valence electrons. The standard InChI is InChI=1S/C8H10BrNO2S/c1-12-4-8(11)10-3-7-2-6(9)5-13-7/h2,5H,3-4H2,1H3,(H,10,11). The van der Waals surface area contributed by atoms with E-state index in [0.717, 1.165) is 9.35 Å². The van der Waals surface area contributed by atoms with Crippen LogP contribution in [0.2, 0.25) is 0 Å². The quantitative estimate of drug-likeness (QED) is 0.900. The van der Waals surface area contributed by atoms with Gasteiger partial charge in [0.25, 0.3) is 0 Å². The first-order chi connectivity index (χ1) is 6.22. The van der Waals surface area contributed by atoms with Gasteiger partial charge in [0.1, 0.15) is 6.61 Å². The van der Waals surface area contributed by atoms with Crippen LogP contribution in [0.1, 0.15) is 4.88 Å². The van der Waals surface area contributed by atoms with E-state index in [-0.39, 0.29) is 12.5 Å². The van der Waals surface area contributed by atoms with Crippen molar-refractivity contribution in [1.29, 1.82) is 0 Å². The lowest BCUT2D eigenvalue weighted by Crippen LogP contribution is -2.26. The third kappa shape index (κ3) is 3.89. The summed E-state index contributed by atoms with van der Waals surface area (Å²) < 4.78 is 5.73. The molecule has 0 atom stereocenters. The molecule has 1 rings (SSSR count). The van der Waals surface area contributed by atoms with Gasteiger partial charge in [-0.3, -0.25) is 4.79 Å². The van der Waals surface area contributed by atoms with Gasteiger partial charge in [-0.2, -0.15) is 0 Å². The fourth-order valence-corrected chi connectivity index (χ4v) is 2.21. The highest BCUT2D eigenvalue weighted by Gasteiger charge is 2.01. The van der Waals surface area contributed by atoms with Crippen LogP contribution in [0.25, 0.3) is 0 Å². The summed E-state index contributed by atoms with van der Waals surface area (Å²) in [5.41, 5.74) is 0. The van der Waals surface area contributed by atoms with E-state index in [1.54, 1.807) is 11.3 Å². The molecule has 13 heavy (non-hydrogen) atoms. The van der Waals surface area contributed by atoms with Crippen molar-refractivity contribution in [2.75, 3.05) is 13.7 Å². The average molecular weight is 264 g/mol. The van der Waals surface area contributed by atoms with Gasteiger partial charge in [0, 0.05) is 21.8 Å². The van der Waals surface area contributed by atoms with Crippen molar-refractivity contribution in [3.63, 3.8) is 0 Å². The van der Waals surface area contributed by atoms with Gasteiger partial charge in [-0.1, -0.05) is 0 Å². The molecule has 0 spiro atoms.